The number of aromatic amines is 1. The summed E-state index contributed by atoms with van der Waals surface area (Å²) in [6.07, 6.45) is 3.10. The number of benzene rings is 1. The predicted octanol–water partition coefficient (Wildman–Crippen LogP) is 4.70. The van der Waals surface area contributed by atoms with Crippen molar-refractivity contribution in [1.82, 2.24) is 15.2 Å². The number of H-pyrrole nitrogens is 1. The summed E-state index contributed by atoms with van der Waals surface area (Å²) in [6.45, 7) is 2.21. The van der Waals surface area contributed by atoms with Crippen LogP contribution in [0.15, 0.2) is 46.9 Å². The molecule has 5 heteroatoms. The van der Waals surface area contributed by atoms with Crippen LogP contribution < -0.4 is 0 Å². The highest BCUT2D eigenvalue weighted by molar-refractivity contribution is 7.98. The van der Waals surface area contributed by atoms with Gasteiger partial charge in [0.1, 0.15) is 5.82 Å². The number of rotatable bonds is 7. The molecule has 0 aliphatic carbocycles. The van der Waals surface area contributed by atoms with Gasteiger partial charge in [0.15, 0.2) is 0 Å². The SMILES string of the molecule is CCCc1ccccc1Cc1nc(SCc2cccs2)n[nH]1. The minimum atomic E-state index is 0.822. The van der Waals surface area contributed by atoms with E-state index >= 15 is 0 Å². The van der Waals surface area contributed by atoms with Crippen LogP contribution in [0.5, 0.6) is 0 Å². The van der Waals surface area contributed by atoms with Gasteiger partial charge in [-0.15, -0.1) is 16.4 Å². The van der Waals surface area contributed by atoms with E-state index in [1.54, 1.807) is 23.1 Å². The monoisotopic (exact) mass is 329 g/mol. The Balaban J connectivity index is 1.64. The average molecular weight is 329 g/mol. The van der Waals surface area contributed by atoms with Gasteiger partial charge in [-0.25, -0.2) is 4.98 Å². The maximum atomic E-state index is 4.61. The fourth-order valence-electron chi connectivity index (χ4n) is 2.38. The lowest BCUT2D eigenvalue weighted by Gasteiger charge is -2.06. The minimum absolute atomic E-state index is 0.822. The van der Waals surface area contributed by atoms with E-state index in [1.165, 1.54) is 16.0 Å². The van der Waals surface area contributed by atoms with Gasteiger partial charge in [0.2, 0.25) is 5.16 Å². The summed E-state index contributed by atoms with van der Waals surface area (Å²) in [5.41, 5.74) is 2.75. The van der Waals surface area contributed by atoms with E-state index in [9.17, 15) is 0 Å². The lowest BCUT2D eigenvalue weighted by Crippen LogP contribution is -1.97. The van der Waals surface area contributed by atoms with E-state index in [4.69, 9.17) is 0 Å². The van der Waals surface area contributed by atoms with Crippen molar-refractivity contribution >= 4 is 23.1 Å². The summed E-state index contributed by atoms with van der Waals surface area (Å²) < 4.78 is 0. The third kappa shape index (κ3) is 3.99. The van der Waals surface area contributed by atoms with Crippen LogP contribution in [0.4, 0.5) is 0 Å². The summed E-state index contributed by atoms with van der Waals surface area (Å²) in [7, 11) is 0. The fourth-order valence-corrected chi connectivity index (χ4v) is 3.97. The predicted molar refractivity (Wildman–Crippen MR) is 93.5 cm³/mol. The highest BCUT2D eigenvalue weighted by Crippen LogP contribution is 2.22. The van der Waals surface area contributed by atoms with E-state index in [2.05, 4.69) is 63.9 Å². The Kier molecular flexibility index (Phi) is 5.29. The molecule has 1 aromatic carbocycles. The van der Waals surface area contributed by atoms with Crippen molar-refractivity contribution in [2.45, 2.75) is 37.1 Å². The number of nitrogens with zero attached hydrogens (tertiary/aromatic N) is 2. The Labute approximate surface area is 139 Å². The molecule has 0 radical (unpaired) electrons. The number of thioether (sulfide) groups is 1. The summed E-state index contributed by atoms with van der Waals surface area (Å²) in [4.78, 5) is 5.96. The van der Waals surface area contributed by atoms with Crippen LogP contribution in [0.25, 0.3) is 0 Å². The fraction of sp³-hybridized carbons (Fsp3) is 0.294. The average Bonchev–Trinajstić information content (AvgIpc) is 3.19. The Bertz CT molecular complexity index is 704. The summed E-state index contributed by atoms with van der Waals surface area (Å²) in [5.74, 6) is 1.87. The zero-order valence-electron chi connectivity index (χ0n) is 12.6. The van der Waals surface area contributed by atoms with Crippen LogP contribution in [0.1, 0.15) is 35.2 Å². The van der Waals surface area contributed by atoms with Crippen LogP contribution in [0.3, 0.4) is 0 Å². The molecule has 3 rings (SSSR count). The highest BCUT2D eigenvalue weighted by atomic mass is 32.2. The van der Waals surface area contributed by atoms with Gasteiger partial charge in [-0.1, -0.05) is 55.4 Å². The van der Waals surface area contributed by atoms with E-state index in [1.807, 2.05) is 0 Å². The minimum Gasteiger partial charge on any atom is -0.262 e. The van der Waals surface area contributed by atoms with E-state index in [0.717, 1.165) is 36.0 Å². The molecule has 1 N–H and O–H groups in total. The Morgan fingerprint density at radius 2 is 2.00 bits per heavy atom. The number of thiophene rings is 1. The van der Waals surface area contributed by atoms with Gasteiger partial charge in [-0.05, 0) is 29.0 Å². The summed E-state index contributed by atoms with van der Waals surface area (Å²) in [5, 5.41) is 10.3. The molecule has 3 aromatic rings. The molecule has 0 spiro atoms. The second kappa shape index (κ2) is 7.61. The standard InChI is InChI=1S/C17H19N3S2/c1-2-6-13-7-3-4-8-14(13)11-16-18-17(20-19-16)22-12-15-9-5-10-21-15/h3-5,7-10H,2,6,11-12H2,1H3,(H,18,19,20). The lowest BCUT2D eigenvalue weighted by molar-refractivity contribution is 0.889. The largest absolute Gasteiger partial charge is 0.262 e. The first-order valence-corrected chi connectivity index (χ1v) is 9.35. The van der Waals surface area contributed by atoms with Gasteiger partial charge >= 0.3 is 0 Å². The molecule has 0 aliphatic rings. The number of hydrogen-bond donors (Lipinski definition) is 1. The maximum Gasteiger partial charge on any atom is 0.208 e. The normalized spacial score (nSPS) is 11.0. The number of aryl methyl sites for hydroxylation is 1. The first-order valence-electron chi connectivity index (χ1n) is 7.48. The quantitative estimate of drug-likeness (QED) is 0.639. The molecule has 0 fully saturated rings. The molecule has 0 bridgehead atoms. The molecule has 0 saturated heterocycles. The van der Waals surface area contributed by atoms with Gasteiger partial charge in [0.05, 0.1) is 0 Å². The molecule has 2 aromatic heterocycles. The van der Waals surface area contributed by atoms with Crippen molar-refractivity contribution in [1.29, 1.82) is 0 Å². The van der Waals surface area contributed by atoms with Gasteiger partial charge in [0.25, 0.3) is 0 Å². The molecule has 3 nitrogen and oxygen atoms in total. The first kappa shape index (κ1) is 15.3. The van der Waals surface area contributed by atoms with Crippen molar-refractivity contribution in [3.63, 3.8) is 0 Å². The Morgan fingerprint density at radius 1 is 1.14 bits per heavy atom. The van der Waals surface area contributed by atoms with E-state index in [0.29, 0.717) is 0 Å². The topological polar surface area (TPSA) is 41.6 Å². The second-order valence-corrected chi connectivity index (χ2v) is 7.10. The zero-order valence-corrected chi connectivity index (χ0v) is 14.2. The number of aromatic nitrogens is 3. The molecule has 0 amide bonds. The van der Waals surface area contributed by atoms with Crippen molar-refractivity contribution in [2.24, 2.45) is 0 Å². The van der Waals surface area contributed by atoms with Gasteiger partial charge in [-0.3, -0.25) is 5.10 Å². The van der Waals surface area contributed by atoms with Crippen molar-refractivity contribution in [2.75, 3.05) is 0 Å². The van der Waals surface area contributed by atoms with Crippen molar-refractivity contribution in [3.8, 4) is 0 Å². The maximum absolute atomic E-state index is 4.61. The summed E-state index contributed by atoms with van der Waals surface area (Å²) in [6, 6.07) is 12.8. The van der Waals surface area contributed by atoms with E-state index < -0.39 is 0 Å². The molecule has 22 heavy (non-hydrogen) atoms. The molecule has 0 unspecified atom stereocenters. The molecular weight excluding hydrogens is 310 g/mol. The molecule has 114 valence electrons. The summed E-state index contributed by atoms with van der Waals surface area (Å²) >= 11 is 3.45. The molecule has 0 atom stereocenters. The third-order valence-electron chi connectivity index (χ3n) is 3.43. The Hall–Kier alpha value is -1.59. The third-order valence-corrected chi connectivity index (χ3v) is 5.39. The van der Waals surface area contributed by atoms with Crippen molar-refractivity contribution < 1.29 is 0 Å². The number of hydrogen-bond acceptors (Lipinski definition) is 4. The zero-order chi connectivity index (χ0) is 15.2. The van der Waals surface area contributed by atoms with Crippen LogP contribution >= 0.6 is 23.1 Å². The van der Waals surface area contributed by atoms with Crippen LogP contribution in [-0.4, -0.2) is 15.2 Å². The highest BCUT2D eigenvalue weighted by Gasteiger charge is 2.08. The van der Waals surface area contributed by atoms with Gasteiger partial charge in [-0.2, -0.15) is 0 Å². The van der Waals surface area contributed by atoms with Gasteiger partial charge < -0.3 is 0 Å². The first-order chi connectivity index (χ1) is 10.8. The van der Waals surface area contributed by atoms with Crippen LogP contribution in [-0.2, 0) is 18.6 Å². The smallest absolute Gasteiger partial charge is 0.208 e. The van der Waals surface area contributed by atoms with Gasteiger partial charge in [0, 0.05) is 17.1 Å². The van der Waals surface area contributed by atoms with Crippen LogP contribution in [0.2, 0.25) is 0 Å². The molecule has 2 heterocycles. The lowest BCUT2D eigenvalue weighted by atomic mass is 10.0. The molecule has 0 aliphatic heterocycles. The Morgan fingerprint density at radius 3 is 2.77 bits per heavy atom. The van der Waals surface area contributed by atoms with Crippen LogP contribution in [0, 0.1) is 0 Å². The molecular formula is C17H19N3S2. The van der Waals surface area contributed by atoms with E-state index in [-0.39, 0.29) is 0 Å². The molecule has 0 saturated carbocycles. The second-order valence-electron chi connectivity index (χ2n) is 5.13. The number of nitrogens with one attached hydrogen (secondary N) is 1. The van der Waals surface area contributed by atoms with Crippen molar-refractivity contribution in [3.05, 3.63) is 63.6 Å².